The first kappa shape index (κ1) is 21.6. The number of hydrogen-bond donors (Lipinski definition) is 1. The summed E-state index contributed by atoms with van der Waals surface area (Å²) in [4.78, 5) is 12.9. The van der Waals surface area contributed by atoms with E-state index in [4.69, 9.17) is 0 Å². The number of carbonyl (C=O) groups is 1. The lowest BCUT2D eigenvalue weighted by Gasteiger charge is -2.25. The molecule has 1 amide bonds. The van der Waals surface area contributed by atoms with E-state index >= 15 is 0 Å². The molecule has 2 saturated heterocycles. The number of anilines is 2. The summed E-state index contributed by atoms with van der Waals surface area (Å²) in [7, 11) is -6.99. The molecule has 3 heterocycles. The molecular formula is C18H21N3O5S4. The Hall–Kier alpha value is -1.60. The predicted molar refractivity (Wildman–Crippen MR) is 121 cm³/mol. The Bertz CT molecular complexity index is 1140. The number of nitrogens with zero attached hydrogens (tertiary/aromatic N) is 2. The van der Waals surface area contributed by atoms with Crippen molar-refractivity contribution in [2.75, 3.05) is 46.5 Å². The highest BCUT2D eigenvalue weighted by atomic mass is 32.2. The summed E-state index contributed by atoms with van der Waals surface area (Å²) < 4.78 is 52.8. The summed E-state index contributed by atoms with van der Waals surface area (Å²) in [5.74, 6) is 1.11. The van der Waals surface area contributed by atoms with Gasteiger partial charge < -0.3 is 5.32 Å². The molecule has 2 aromatic rings. The van der Waals surface area contributed by atoms with Crippen molar-refractivity contribution in [2.45, 2.75) is 11.3 Å². The molecule has 0 spiro atoms. The van der Waals surface area contributed by atoms with Crippen LogP contribution in [0, 0.1) is 0 Å². The van der Waals surface area contributed by atoms with Gasteiger partial charge in [0.2, 0.25) is 20.0 Å². The summed E-state index contributed by atoms with van der Waals surface area (Å²) in [6.07, 6.45) is 0.589. The van der Waals surface area contributed by atoms with E-state index in [-0.39, 0.29) is 15.5 Å². The van der Waals surface area contributed by atoms with Gasteiger partial charge in [-0.3, -0.25) is 9.10 Å². The van der Waals surface area contributed by atoms with Gasteiger partial charge in [0.1, 0.15) is 9.77 Å². The summed E-state index contributed by atoms with van der Waals surface area (Å²) in [6, 6.07) is 7.97. The summed E-state index contributed by atoms with van der Waals surface area (Å²) in [6.45, 7) is 1.31. The first-order valence-corrected chi connectivity index (χ1v) is 14.4. The van der Waals surface area contributed by atoms with E-state index < -0.39 is 26.0 Å². The minimum Gasteiger partial charge on any atom is -0.321 e. The first-order chi connectivity index (χ1) is 14.3. The molecule has 0 aliphatic carbocycles. The molecule has 0 bridgehead atoms. The Balaban J connectivity index is 1.51. The van der Waals surface area contributed by atoms with Crippen molar-refractivity contribution in [3.8, 4) is 0 Å². The minimum atomic E-state index is -3.72. The Morgan fingerprint density at radius 1 is 1.03 bits per heavy atom. The van der Waals surface area contributed by atoms with E-state index in [1.807, 2.05) is 0 Å². The van der Waals surface area contributed by atoms with E-state index in [1.54, 1.807) is 41.4 Å². The van der Waals surface area contributed by atoms with Crippen molar-refractivity contribution in [3.63, 3.8) is 0 Å². The van der Waals surface area contributed by atoms with Crippen LogP contribution in [-0.2, 0) is 20.0 Å². The molecule has 1 aromatic carbocycles. The maximum absolute atomic E-state index is 13.0. The molecule has 1 N–H and O–H groups in total. The third-order valence-corrected chi connectivity index (χ3v) is 10.7. The van der Waals surface area contributed by atoms with E-state index in [9.17, 15) is 21.6 Å². The third kappa shape index (κ3) is 4.24. The molecule has 162 valence electrons. The molecule has 2 fully saturated rings. The van der Waals surface area contributed by atoms with Crippen LogP contribution in [-0.4, -0.2) is 63.9 Å². The van der Waals surface area contributed by atoms with Gasteiger partial charge in [-0.2, -0.15) is 16.1 Å². The number of carbonyl (C=O) groups excluding carboxylic acids is 1. The fourth-order valence-corrected chi connectivity index (χ4v) is 8.86. The topological polar surface area (TPSA) is 104 Å². The Kier molecular flexibility index (Phi) is 6.13. The molecule has 12 heteroatoms. The number of hydrogen-bond acceptors (Lipinski definition) is 7. The van der Waals surface area contributed by atoms with Crippen molar-refractivity contribution >= 4 is 60.4 Å². The fraction of sp³-hybridized carbons (Fsp3) is 0.389. The van der Waals surface area contributed by atoms with Crippen LogP contribution >= 0.6 is 23.1 Å². The van der Waals surface area contributed by atoms with Crippen LogP contribution in [0.5, 0.6) is 0 Å². The maximum Gasteiger partial charge on any atom is 0.267 e. The minimum absolute atomic E-state index is 0.0247. The molecule has 1 aromatic heterocycles. The van der Waals surface area contributed by atoms with Gasteiger partial charge in [0.25, 0.3) is 5.91 Å². The number of sulfonamides is 2. The lowest BCUT2D eigenvalue weighted by Crippen LogP contribution is -2.38. The van der Waals surface area contributed by atoms with Crippen LogP contribution in [0.3, 0.4) is 0 Å². The lowest BCUT2D eigenvalue weighted by atomic mass is 10.2. The number of rotatable bonds is 5. The SMILES string of the molecule is O=C(Nc1ccc(N2CCCS2(=O)=O)cc1)c1sccc1S(=O)(=O)N1CCSCC1. The van der Waals surface area contributed by atoms with Crippen molar-refractivity contribution in [3.05, 3.63) is 40.6 Å². The standard InChI is InChI=1S/C18H21N3O5S4/c22-18(17-16(6-10-28-17)30(25,26)20-8-11-27-12-9-20)19-14-2-4-15(5-3-14)21-7-1-13-29(21,23)24/h2-6,10H,1,7-9,11-13H2,(H,19,22). The molecule has 30 heavy (non-hydrogen) atoms. The molecule has 0 atom stereocenters. The van der Waals surface area contributed by atoms with Crippen LogP contribution in [0.1, 0.15) is 16.1 Å². The normalized spacial score (nSPS) is 19.7. The number of thioether (sulfide) groups is 1. The van der Waals surface area contributed by atoms with Gasteiger partial charge in [0.15, 0.2) is 0 Å². The smallest absolute Gasteiger partial charge is 0.267 e. The van der Waals surface area contributed by atoms with Gasteiger partial charge in [-0.05, 0) is 42.1 Å². The molecular weight excluding hydrogens is 466 g/mol. The lowest BCUT2D eigenvalue weighted by molar-refractivity contribution is 0.102. The van der Waals surface area contributed by atoms with Crippen LogP contribution in [0.25, 0.3) is 0 Å². The van der Waals surface area contributed by atoms with Gasteiger partial charge in [-0.1, -0.05) is 0 Å². The van der Waals surface area contributed by atoms with Gasteiger partial charge in [-0.15, -0.1) is 11.3 Å². The molecule has 0 unspecified atom stereocenters. The highest BCUT2D eigenvalue weighted by Crippen LogP contribution is 2.29. The zero-order chi connectivity index (χ0) is 21.4. The second-order valence-corrected chi connectivity index (χ2v) is 12.9. The fourth-order valence-electron chi connectivity index (χ4n) is 3.42. The number of amides is 1. The highest BCUT2D eigenvalue weighted by molar-refractivity contribution is 7.99. The summed E-state index contributed by atoms with van der Waals surface area (Å²) >= 11 is 2.79. The number of nitrogens with one attached hydrogen (secondary N) is 1. The molecule has 4 rings (SSSR count). The molecule has 0 saturated carbocycles. The maximum atomic E-state index is 13.0. The third-order valence-electron chi connectivity index (χ3n) is 4.94. The van der Waals surface area contributed by atoms with Gasteiger partial charge in [-0.25, -0.2) is 16.8 Å². The average molecular weight is 488 g/mol. The van der Waals surface area contributed by atoms with Crippen LogP contribution < -0.4 is 9.62 Å². The Labute approximate surface area is 184 Å². The Morgan fingerprint density at radius 3 is 2.37 bits per heavy atom. The molecule has 8 nitrogen and oxygen atoms in total. The molecule has 0 radical (unpaired) electrons. The van der Waals surface area contributed by atoms with Crippen LogP contribution in [0.15, 0.2) is 40.6 Å². The van der Waals surface area contributed by atoms with Gasteiger partial charge in [0.05, 0.1) is 11.4 Å². The van der Waals surface area contributed by atoms with Crippen molar-refractivity contribution in [2.24, 2.45) is 0 Å². The predicted octanol–water partition coefficient (Wildman–Crippen LogP) is 2.28. The second kappa shape index (κ2) is 8.50. The summed E-state index contributed by atoms with van der Waals surface area (Å²) in [5.41, 5.74) is 1.01. The largest absolute Gasteiger partial charge is 0.321 e. The van der Waals surface area contributed by atoms with Gasteiger partial charge in [0, 0.05) is 36.8 Å². The highest BCUT2D eigenvalue weighted by Gasteiger charge is 2.31. The number of benzene rings is 1. The van der Waals surface area contributed by atoms with E-state index in [1.165, 1.54) is 14.7 Å². The monoisotopic (exact) mass is 487 g/mol. The zero-order valence-corrected chi connectivity index (χ0v) is 19.2. The van der Waals surface area contributed by atoms with E-state index in [0.717, 1.165) is 22.8 Å². The zero-order valence-electron chi connectivity index (χ0n) is 16.0. The molecule has 2 aliphatic rings. The van der Waals surface area contributed by atoms with Crippen molar-refractivity contribution in [1.29, 1.82) is 0 Å². The van der Waals surface area contributed by atoms with Crippen molar-refractivity contribution in [1.82, 2.24) is 4.31 Å². The first-order valence-electron chi connectivity index (χ1n) is 9.36. The number of thiophene rings is 1. The van der Waals surface area contributed by atoms with Crippen molar-refractivity contribution < 1.29 is 21.6 Å². The van der Waals surface area contributed by atoms with Crippen LogP contribution in [0.2, 0.25) is 0 Å². The van der Waals surface area contributed by atoms with E-state index in [0.29, 0.717) is 37.4 Å². The molecule has 2 aliphatic heterocycles. The summed E-state index contributed by atoms with van der Waals surface area (Å²) in [5, 5.41) is 4.31. The van der Waals surface area contributed by atoms with E-state index in [2.05, 4.69) is 5.32 Å². The van der Waals surface area contributed by atoms with Crippen LogP contribution in [0.4, 0.5) is 11.4 Å². The second-order valence-electron chi connectivity index (χ2n) is 6.87. The quantitative estimate of drug-likeness (QED) is 0.694. The Morgan fingerprint density at radius 2 is 1.73 bits per heavy atom. The average Bonchev–Trinajstić information content (AvgIpc) is 3.36. The van der Waals surface area contributed by atoms with Gasteiger partial charge >= 0.3 is 0 Å².